The molecule has 0 aliphatic carbocycles. The van der Waals surface area contributed by atoms with Crippen molar-refractivity contribution in [2.45, 2.75) is 38.8 Å². The number of hydrogen-bond acceptors (Lipinski definition) is 6. The van der Waals surface area contributed by atoms with Gasteiger partial charge in [0, 0.05) is 11.6 Å². The maximum atomic E-state index is 13.9. The zero-order valence-corrected chi connectivity index (χ0v) is 24.0. The van der Waals surface area contributed by atoms with E-state index in [4.69, 9.17) is 9.90 Å². The van der Waals surface area contributed by atoms with Crippen LogP contribution in [0.3, 0.4) is 0 Å². The molecule has 4 amide bonds. The van der Waals surface area contributed by atoms with Crippen LogP contribution < -0.4 is 20.4 Å². The van der Waals surface area contributed by atoms with Crippen LogP contribution in [0.25, 0.3) is 0 Å². The number of hydrogen-bond donors (Lipinski definition) is 3. The topological polar surface area (TPSA) is 153 Å². The Morgan fingerprint density at radius 1 is 0.953 bits per heavy atom. The summed E-state index contributed by atoms with van der Waals surface area (Å²) < 4.78 is 0. The molecule has 0 saturated heterocycles. The molecule has 3 aromatic carbocycles. The van der Waals surface area contributed by atoms with Gasteiger partial charge in [0.05, 0.1) is 30.8 Å². The van der Waals surface area contributed by atoms with Crippen molar-refractivity contribution >= 4 is 47.8 Å². The van der Waals surface area contributed by atoms with Crippen LogP contribution in [-0.4, -0.2) is 66.7 Å². The molecule has 0 saturated carbocycles. The summed E-state index contributed by atoms with van der Waals surface area (Å²) in [6.45, 7) is 4.91. The lowest BCUT2D eigenvalue weighted by atomic mass is 10.1. The van der Waals surface area contributed by atoms with Crippen LogP contribution in [0.2, 0.25) is 0 Å². The minimum atomic E-state index is -1.17. The molecule has 0 bridgehead atoms. The molecular weight excluding hydrogens is 552 g/mol. The minimum Gasteiger partial charge on any atom is -0.481 e. The molecule has 0 aromatic heterocycles. The molecule has 2 atom stereocenters. The van der Waals surface area contributed by atoms with Gasteiger partial charge in [0.15, 0.2) is 0 Å². The van der Waals surface area contributed by atoms with Crippen LogP contribution in [0.15, 0.2) is 78.9 Å². The minimum absolute atomic E-state index is 0.0662. The first kappa shape index (κ1) is 32.2. The fraction of sp³-hybridized carbons (Fsp3) is 0.250. The van der Waals surface area contributed by atoms with Gasteiger partial charge in [-0.2, -0.15) is 0 Å². The summed E-state index contributed by atoms with van der Waals surface area (Å²) in [5, 5.41) is 14.4. The van der Waals surface area contributed by atoms with Crippen molar-refractivity contribution in [3.8, 4) is 0 Å². The number of fused-ring (bicyclic) bond motifs is 1. The summed E-state index contributed by atoms with van der Waals surface area (Å²) in [5.41, 5.74) is 2.89. The van der Waals surface area contributed by atoms with Gasteiger partial charge in [-0.15, -0.1) is 0 Å². The SMILES string of the molecule is C=O.Cc1cccc(CC(=O)N2CC(NC(=O)c3ccccc3)C(=O)N(CC(=O)NC(C)CC(=O)O)c3ccccc32)c1. The van der Waals surface area contributed by atoms with E-state index in [0.29, 0.717) is 16.9 Å². The normalized spacial score (nSPS) is 14.7. The van der Waals surface area contributed by atoms with E-state index in [-0.39, 0.29) is 25.3 Å². The number of carbonyl (C=O) groups excluding carboxylic acids is 5. The molecule has 1 aliphatic heterocycles. The summed E-state index contributed by atoms with van der Waals surface area (Å²) in [7, 11) is 0. The van der Waals surface area contributed by atoms with Crippen molar-refractivity contribution in [2.75, 3.05) is 22.9 Å². The number of carboxylic acid groups (broad SMARTS) is 1. The van der Waals surface area contributed by atoms with Crippen LogP contribution in [0, 0.1) is 6.92 Å². The summed E-state index contributed by atoms with van der Waals surface area (Å²) in [6, 6.07) is 20.9. The predicted molar refractivity (Wildman–Crippen MR) is 161 cm³/mol. The summed E-state index contributed by atoms with van der Waals surface area (Å²) in [6.07, 6.45) is -0.218. The molecule has 1 aliphatic rings. The molecule has 2 unspecified atom stereocenters. The van der Waals surface area contributed by atoms with E-state index < -0.39 is 42.3 Å². The first-order valence-corrected chi connectivity index (χ1v) is 13.5. The number of para-hydroxylation sites is 2. The highest BCUT2D eigenvalue weighted by Gasteiger charge is 2.37. The van der Waals surface area contributed by atoms with Crippen LogP contribution in [-0.2, 0) is 30.4 Å². The van der Waals surface area contributed by atoms with Crippen LogP contribution in [0.4, 0.5) is 11.4 Å². The maximum Gasteiger partial charge on any atom is 0.305 e. The number of carboxylic acids is 1. The van der Waals surface area contributed by atoms with Crippen LogP contribution in [0.1, 0.15) is 34.8 Å². The van der Waals surface area contributed by atoms with Crippen molar-refractivity contribution in [2.24, 2.45) is 0 Å². The van der Waals surface area contributed by atoms with Gasteiger partial charge in [0.1, 0.15) is 19.4 Å². The van der Waals surface area contributed by atoms with Gasteiger partial charge in [-0.05, 0) is 43.7 Å². The number of benzene rings is 3. The van der Waals surface area contributed by atoms with Crippen molar-refractivity contribution in [3.63, 3.8) is 0 Å². The molecule has 0 fully saturated rings. The highest BCUT2D eigenvalue weighted by atomic mass is 16.4. The molecule has 4 rings (SSSR count). The summed E-state index contributed by atoms with van der Waals surface area (Å²) in [4.78, 5) is 75.5. The number of nitrogens with zero attached hydrogens (tertiary/aromatic N) is 2. The van der Waals surface area contributed by atoms with Gasteiger partial charge in [-0.3, -0.25) is 28.9 Å². The monoisotopic (exact) mass is 586 g/mol. The fourth-order valence-electron chi connectivity index (χ4n) is 4.79. The first-order chi connectivity index (χ1) is 20.6. The quantitative estimate of drug-likeness (QED) is 0.348. The number of aliphatic carboxylic acids is 1. The molecule has 11 heteroatoms. The number of rotatable bonds is 9. The second-order valence-corrected chi connectivity index (χ2v) is 10.0. The molecule has 11 nitrogen and oxygen atoms in total. The van der Waals surface area contributed by atoms with Crippen molar-refractivity contribution < 1.29 is 33.9 Å². The Hall–Kier alpha value is -5.32. The van der Waals surface area contributed by atoms with Gasteiger partial charge >= 0.3 is 5.97 Å². The zero-order chi connectivity index (χ0) is 31.5. The highest BCUT2D eigenvalue weighted by Crippen LogP contribution is 2.33. The Labute approximate surface area is 249 Å². The Morgan fingerprint density at radius 3 is 2.26 bits per heavy atom. The molecule has 0 radical (unpaired) electrons. The molecule has 224 valence electrons. The largest absolute Gasteiger partial charge is 0.481 e. The number of amides is 4. The van der Waals surface area contributed by atoms with Gasteiger partial charge in [0.2, 0.25) is 11.8 Å². The molecule has 3 aromatic rings. The molecule has 1 heterocycles. The number of nitrogens with one attached hydrogen (secondary N) is 2. The Balaban J connectivity index is 0.00000248. The third-order valence-corrected chi connectivity index (χ3v) is 6.66. The van der Waals surface area contributed by atoms with E-state index in [1.54, 1.807) is 61.5 Å². The van der Waals surface area contributed by atoms with Gasteiger partial charge in [0.25, 0.3) is 11.8 Å². The van der Waals surface area contributed by atoms with E-state index >= 15 is 0 Å². The smallest absolute Gasteiger partial charge is 0.305 e. The molecular formula is C32H34N4O7. The summed E-state index contributed by atoms with van der Waals surface area (Å²) >= 11 is 0. The third kappa shape index (κ3) is 8.59. The highest BCUT2D eigenvalue weighted by molar-refractivity contribution is 6.11. The van der Waals surface area contributed by atoms with E-state index in [9.17, 15) is 24.0 Å². The average Bonchev–Trinajstić information content (AvgIpc) is 3.09. The second-order valence-electron chi connectivity index (χ2n) is 10.0. The molecule has 0 spiro atoms. The molecule has 3 N–H and O–H groups in total. The van der Waals surface area contributed by atoms with Crippen molar-refractivity contribution in [3.05, 3.63) is 95.6 Å². The predicted octanol–water partition coefficient (Wildman–Crippen LogP) is 2.51. The van der Waals surface area contributed by atoms with Crippen LogP contribution >= 0.6 is 0 Å². The Kier molecular flexibility index (Phi) is 11.3. The van der Waals surface area contributed by atoms with Gasteiger partial charge in [-0.25, -0.2) is 0 Å². The van der Waals surface area contributed by atoms with E-state index in [1.165, 1.54) is 9.80 Å². The number of carbonyl (C=O) groups is 6. The third-order valence-electron chi connectivity index (χ3n) is 6.66. The van der Waals surface area contributed by atoms with E-state index in [1.807, 2.05) is 38.0 Å². The Morgan fingerprint density at radius 2 is 1.60 bits per heavy atom. The lowest BCUT2D eigenvalue weighted by Crippen LogP contribution is -2.54. The lowest BCUT2D eigenvalue weighted by Gasteiger charge is -2.25. The van der Waals surface area contributed by atoms with Crippen molar-refractivity contribution in [1.82, 2.24) is 10.6 Å². The maximum absolute atomic E-state index is 13.9. The second kappa shape index (κ2) is 15.1. The number of aryl methyl sites for hydroxylation is 1. The van der Waals surface area contributed by atoms with Gasteiger partial charge < -0.3 is 25.4 Å². The zero-order valence-electron chi connectivity index (χ0n) is 24.0. The Bertz CT molecular complexity index is 1480. The lowest BCUT2D eigenvalue weighted by molar-refractivity contribution is -0.137. The average molecular weight is 587 g/mol. The number of anilines is 2. The van der Waals surface area contributed by atoms with E-state index in [2.05, 4.69) is 10.6 Å². The van der Waals surface area contributed by atoms with E-state index in [0.717, 1.165) is 11.1 Å². The van der Waals surface area contributed by atoms with Crippen LogP contribution in [0.5, 0.6) is 0 Å². The first-order valence-electron chi connectivity index (χ1n) is 13.5. The molecule has 43 heavy (non-hydrogen) atoms. The standard InChI is InChI=1S/C31H32N4O6.CH2O/c1-20-9-8-10-22(15-20)17-28(37)34-18-24(33-30(40)23-11-4-3-5-12-23)31(41)35(26-14-7-6-13-25(26)34)19-27(36)32-21(2)16-29(38)39;1-2/h3-15,21,24H,16-19H2,1-2H3,(H,32,36)(H,33,40)(H,38,39);1H2. The van der Waals surface area contributed by atoms with Crippen molar-refractivity contribution in [1.29, 1.82) is 0 Å². The van der Waals surface area contributed by atoms with Gasteiger partial charge in [-0.1, -0.05) is 60.2 Å². The fourth-order valence-corrected chi connectivity index (χ4v) is 4.79. The summed E-state index contributed by atoms with van der Waals surface area (Å²) in [5.74, 6) is -3.00.